The number of carbonyl (C=O) groups excluding carboxylic acids is 3. The number of anilines is 1. The second kappa shape index (κ2) is 8.17. The van der Waals surface area contributed by atoms with E-state index in [0.717, 1.165) is 24.8 Å². The van der Waals surface area contributed by atoms with Crippen molar-refractivity contribution < 1.29 is 19.1 Å². The molecule has 0 aromatic heterocycles. The van der Waals surface area contributed by atoms with E-state index in [0.29, 0.717) is 23.4 Å². The molecule has 2 N–H and O–H groups in total. The number of amides is 2. The van der Waals surface area contributed by atoms with Gasteiger partial charge in [0.15, 0.2) is 6.61 Å². The van der Waals surface area contributed by atoms with Crippen LogP contribution in [0.4, 0.5) is 5.69 Å². The third kappa shape index (κ3) is 4.62. The first-order chi connectivity index (χ1) is 13.9. The highest BCUT2D eigenvalue weighted by Crippen LogP contribution is 2.60. The minimum Gasteiger partial charge on any atom is -0.456 e. The van der Waals surface area contributed by atoms with Gasteiger partial charge in [-0.2, -0.15) is 0 Å². The topological polar surface area (TPSA) is 84.5 Å². The van der Waals surface area contributed by atoms with Crippen molar-refractivity contribution in [1.82, 2.24) is 5.32 Å². The molecule has 0 unspecified atom stereocenters. The van der Waals surface area contributed by atoms with E-state index < -0.39 is 5.97 Å². The summed E-state index contributed by atoms with van der Waals surface area (Å²) in [6.07, 6.45) is 6.99. The summed E-state index contributed by atoms with van der Waals surface area (Å²) in [5, 5.41) is 5.65. The molecule has 4 saturated carbocycles. The molecule has 4 aliphatic rings. The number of rotatable bonds is 7. The molecule has 29 heavy (non-hydrogen) atoms. The van der Waals surface area contributed by atoms with E-state index in [-0.39, 0.29) is 36.8 Å². The lowest BCUT2D eigenvalue weighted by Crippen LogP contribution is -2.53. The van der Waals surface area contributed by atoms with Gasteiger partial charge < -0.3 is 15.4 Å². The van der Waals surface area contributed by atoms with Crippen molar-refractivity contribution in [1.29, 1.82) is 0 Å². The molecule has 0 aliphatic heterocycles. The van der Waals surface area contributed by atoms with Gasteiger partial charge in [0, 0.05) is 17.6 Å². The van der Waals surface area contributed by atoms with E-state index in [1.165, 1.54) is 19.3 Å². The van der Waals surface area contributed by atoms with Crippen LogP contribution in [0.5, 0.6) is 0 Å². The average molecular weight is 399 g/mol. The molecule has 6 heteroatoms. The highest BCUT2D eigenvalue weighted by Gasteiger charge is 2.54. The van der Waals surface area contributed by atoms with Gasteiger partial charge in [-0.3, -0.25) is 14.4 Å². The second-order valence-corrected chi connectivity index (χ2v) is 9.28. The zero-order valence-electron chi connectivity index (χ0n) is 17.0. The lowest BCUT2D eigenvalue weighted by Gasteiger charge is -2.55. The van der Waals surface area contributed by atoms with Gasteiger partial charge in [-0.1, -0.05) is 17.7 Å². The molecule has 2 amide bonds. The maximum absolute atomic E-state index is 12.8. The predicted molar refractivity (Wildman–Crippen MR) is 109 cm³/mol. The van der Waals surface area contributed by atoms with Gasteiger partial charge in [-0.25, -0.2) is 0 Å². The minimum atomic E-state index is -0.477. The van der Waals surface area contributed by atoms with E-state index in [9.17, 15) is 14.4 Å². The van der Waals surface area contributed by atoms with Gasteiger partial charge in [-0.05, 0) is 75.3 Å². The monoisotopic (exact) mass is 398 g/mol. The summed E-state index contributed by atoms with van der Waals surface area (Å²) in [7, 11) is 0. The summed E-state index contributed by atoms with van der Waals surface area (Å²) >= 11 is 0. The summed E-state index contributed by atoms with van der Waals surface area (Å²) in [5.41, 5.74) is 1.57. The number of benzene rings is 1. The summed E-state index contributed by atoms with van der Waals surface area (Å²) in [5.74, 6) is 1.40. The zero-order valence-corrected chi connectivity index (χ0v) is 17.0. The fourth-order valence-electron chi connectivity index (χ4n) is 5.91. The van der Waals surface area contributed by atoms with Gasteiger partial charge in [0.25, 0.3) is 5.91 Å². The molecule has 5 rings (SSSR count). The standard InChI is InChI=1S/C23H30N2O4/c1-15-2-4-19(5-3-15)25-20(26)14-29-21(27)6-7-24-22(28)23-11-16-8-17(12-23)10-18(9-16)13-23/h2-5,16-18H,6-14H2,1H3,(H,24,28)(H,25,26). The minimum absolute atomic E-state index is 0.0793. The van der Waals surface area contributed by atoms with Crippen LogP contribution in [0.25, 0.3) is 0 Å². The van der Waals surface area contributed by atoms with Crippen LogP contribution in [0, 0.1) is 30.1 Å². The molecule has 4 fully saturated rings. The summed E-state index contributed by atoms with van der Waals surface area (Å²) in [6, 6.07) is 7.40. The van der Waals surface area contributed by atoms with E-state index in [1.54, 1.807) is 12.1 Å². The van der Waals surface area contributed by atoms with Gasteiger partial charge in [-0.15, -0.1) is 0 Å². The largest absolute Gasteiger partial charge is 0.456 e. The Morgan fingerprint density at radius 1 is 1.00 bits per heavy atom. The third-order valence-electron chi connectivity index (χ3n) is 6.83. The van der Waals surface area contributed by atoms with E-state index in [4.69, 9.17) is 4.74 Å². The Morgan fingerprint density at radius 3 is 2.17 bits per heavy atom. The smallest absolute Gasteiger partial charge is 0.308 e. The van der Waals surface area contributed by atoms with E-state index >= 15 is 0 Å². The fraction of sp³-hybridized carbons (Fsp3) is 0.609. The Bertz CT molecular complexity index is 751. The lowest BCUT2D eigenvalue weighted by atomic mass is 9.49. The normalized spacial score (nSPS) is 29.3. The molecule has 0 saturated heterocycles. The Morgan fingerprint density at radius 2 is 1.59 bits per heavy atom. The van der Waals surface area contributed by atoms with Crippen molar-refractivity contribution in [2.24, 2.45) is 23.2 Å². The Labute approximate surface area is 171 Å². The van der Waals surface area contributed by atoms with E-state index in [2.05, 4.69) is 10.6 Å². The first-order valence-electron chi connectivity index (χ1n) is 10.7. The van der Waals surface area contributed by atoms with Gasteiger partial charge in [0.2, 0.25) is 5.91 Å². The van der Waals surface area contributed by atoms with Gasteiger partial charge in [0.05, 0.1) is 6.42 Å². The van der Waals surface area contributed by atoms with Crippen LogP contribution < -0.4 is 10.6 Å². The SMILES string of the molecule is Cc1ccc(NC(=O)COC(=O)CCNC(=O)C23CC4CC(CC(C4)C2)C3)cc1. The first-order valence-corrected chi connectivity index (χ1v) is 10.7. The van der Waals surface area contributed by atoms with Crippen LogP contribution in [0.1, 0.15) is 50.5 Å². The molecule has 6 nitrogen and oxygen atoms in total. The van der Waals surface area contributed by atoms with Crippen LogP contribution in [0.2, 0.25) is 0 Å². The molecule has 4 bridgehead atoms. The van der Waals surface area contributed by atoms with Crippen molar-refractivity contribution in [3.05, 3.63) is 29.8 Å². The molecule has 1 aromatic carbocycles. The number of ether oxygens (including phenoxy) is 1. The molecule has 156 valence electrons. The van der Waals surface area contributed by atoms with Crippen molar-refractivity contribution in [2.75, 3.05) is 18.5 Å². The number of hydrogen-bond acceptors (Lipinski definition) is 4. The van der Waals surface area contributed by atoms with Crippen LogP contribution in [0.15, 0.2) is 24.3 Å². The molecular formula is C23H30N2O4. The van der Waals surface area contributed by atoms with Crippen molar-refractivity contribution in [2.45, 2.75) is 51.9 Å². The van der Waals surface area contributed by atoms with Gasteiger partial charge in [0.1, 0.15) is 0 Å². The maximum atomic E-state index is 12.8. The number of aryl methyl sites for hydroxylation is 1. The molecule has 4 aliphatic carbocycles. The third-order valence-corrected chi connectivity index (χ3v) is 6.83. The molecule has 0 heterocycles. The predicted octanol–water partition coefficient (Wildman–Crippen LogP) is 3.20. The summed E-state index contributed by atoms with van der Waals surface area (Å²) in [4.78, 5) is 36.6. The van der Waals surface area contributed by atoms with Gasteiger partial charge >= 0.3 is 5.97 Å². The Kier molecular flexibility index (Phi) is 5.61. The fourth-order valence-corrected chi connectivity index (χ4v) is 5.91. The van der Waals surface area contributed by atoms with Crippen LogP contribution in [-0.2, 0) is 19.1 Å². The molecule has 0 spiro atoms. The maximum Gasteiger partial charge on any atom is 0.308 e. The Balaban J connectivity index is 1.16. The quantitative estimate of drug-likeness (QED) is 0.691. The second-order valence-electron chi connectivity index (χ2n) is 9.28. The van der Waals surface area contributed by atoms with Crippen molar-refractivity contribution in [3.8, 4) is 0 Å². The highest BCUT2D eigenvalue weighted by molar-refractivity contribution is 5.92. The van der Waals surface area contributed by atoms with Crippen LogP contribution in [0.3, 0.4) is 0 Å². The molecule has 0 atom stereocenters. The molecule has 1 aromatic rings. The zero-order chi connectivity index (χ0) is 20.4. The van der Waals surface area contributed by atoms with E-state index in [1.807, 2.05) is 19.1 Å². The molecular weight excluding hydrogens is 368 g/mol. The number of carbonyl (C=O) groups is 3. The summed E-state index contributed by atoms with van der Waals surface area (Å²) in [6.45, 7) is 1.91. The van der Waals surface area contributed by atoms with Crippen molar-refractivity contribution >= 4 is 23.5 Å². The average Bonchev–Trinajstić information content (AvgIpc) is 2.67. The number of hydrogen-bond donors (Lipinski definition) is 2. The first kappa shape index (κ1) is 19.9. The number of esters is 1. The van der Waals surface area contributed by atoms with Crippen LogP contribution >= 0.6 is 0 Å². The number of nitrogens with one attached hydrogen (secondary N) is 2. The van der Waals surface area contributed by atoms with Crippen molar-refractivity contribution in [3.63, 3.8) is 0 Å². The lowest BCUT2D eigenvalue weighted by molar-refractivity contribution is -0.148. The Hall–Kier alpha value is -2.37. The summed E-state index contributed by atoms with van der Waals surface area (Å²) < 4.78 is 5.03. The molecule has 0 radical (unpaired) electrons. The van der Waals surface area contributed by atoms with Crippen LogP contribution in [-0.4, -0.2) is 30.9 Å². The highest BCUT2D eigenvalue weighted by atomic mass is 16.5.